The molecule has 2 aromatic carbocycles. The van der Waals surface area contributed by atoms with Gasteiger partial charge < -0.3 is 20.1 Å². The zero-order valence-corrected chi connectivity index (χ0v) is 22.5. The number of nitriles is 1. The number of amides is 1. The van der Waals surface area contributed by atoms with Gasteiger partial charge in [0.25, 0.3) is 5.91 Å². The van der Waals surface area contributed by atoms with Crippen LogP contribution in [-0.4, -0.2) is 56.4 Å². The van der Waals surface area contributed by atoms with Gasteiger partial charge in [0.1, 0.15) is 46.8 Å². The standard InChI is InChI=1S/C30H28FN7O3/c1-30(16-40-17-30)13-19(14-32)29(39)37-11-5-6-20(37)15-38-28-25(27(33)34-18-35-28)26(36-38)23-10-9-22(12-24(23)31)41-21-7-3-2-4-8-21/h2-4,7-10,12-13,18,20H,5-6,11,15-17H2,1H3,(H2,33,34,35)/b19-13+/t20-/m0/s1. The summed E-state index contributed by atoms with van der Waals surface area (Å²) >= 11 is 0. The highest BCUT2D eigenvalue weighted by atomic mass is 19.1. The molecule has 2 aliphatic heterocycles. The van der Waals surface area contributed by atoms with Gasteiger partial charge in [-0.1, -0.05) is 31.2 Å². The van der Waals surface area contributed by atoms with Crippen LogP contribution >= 0.6 is 0 Å². The molecule has 0 bridgehead atoms. The Bertz CT molecular complexity index is 1690. The molecule has 208 valence electrons. The van der Waals surface area contributed by atoms with E-state index in [0.717, 1.165) is 12.8 Å². The fourth-order valence-corrected chi connectivity index (χ4v) is 5.37. The van der Waals surface area contributed by atoms with Gasteiger partial charge in [0.15, 0.2) is 5.65 Å². The van der Waals surface area contributed by atoms with Gasteiger partial charge in [0, 0.05) is 23.6 Å². The van der Waals surface area contributed by atoms with E-state index in [9.17, 15) is 10.1 Å². The van der Waals surface area contributed by atoms with Gasteiger partial charge in [0.2, 0.25) is 0 Å². The molecule has 0 spiro atoms. The summed E-state index contributed by atoms with van der Waals surface area (Å²) in [7, 11) is 0. The van der Waals surface area contributed by atoms with Crippen LogP contribution in [0.4, 0.5) is 10.2 Å². The predicted octanol–water partition coefficient (Wildman–Crippen LogP) is 4.48. The van der Waals surface area contributed by atoms with Crippen molar-refractivity contribution in [2.45, 2.75) is 32.4 Å². The smallest absolute Gasteiger partial charge is 0.264 e. The topological polar surface area (TPSA) is 132 Å². The van der Waals surface area contributed by atoms with Crippen molar-refractivity contribution in [2.24, 2.45) is 5.41 Å². The number of nitrogens with two attached hydrogens (primary N) is 1. The molecule has 2 aromatic heterocycles. The molecule has 2 N–H and O–H groups in total. The molecule has 0 unspecified atom stereocenters. The van der Waals surface area contributed by atoms with Gasteiger partial charge in [-0.3, -0.25) is 4.79 Å². The molecule has 2 saturated heterocycles. The predicted molar refractivity (Wildman–Crippen MR) is 149 cm³/mol. The van der Waals surface area contributed by atoms with E-state index < -0.39 is 5.82 Å². The first-order chi connectivity index (χ1) is 19.8. The van der Waals surface area contributed by atoms with E-state index in [4.69, 9.17) is 20.3 Å². The van der Waals surface area contributed by atoms with Crippen LogP contribution in [0.15, 0.2) is 66.5 Å². The summed E-state index contributed by atoms with van der Waals surface area (Å²) in [5, 5.41) is 14.9. The van der Waals surface area contributed by atoms with Crippen LogP contribution in [0.3, 0.4) is 0 Å². The zero-order valence-electron chi connectivity index (χ0n) is 22.5. The third-order valence-electron chi connectivity index (χ3n) is 7.46. The number of nitrogen functional groups attached to an aromatic ring is 1. The van der Waals surface area contributed by atoms with Crippen LogP contribution in [0.2, 0.25) is 0 Å². The number of carbonyl (C=O) groups excluding carboxylic acids is 1. The van der Waals surface area contributed by atoms with Crippen LogP contribution in [0.1, 0.15) is 19.8 Å². The molecule has 1 atom stereocenters. The number of ether oxygens (including phenoxy) is 2. The Balaban J connectivity index is 1.30. The average molecular weight is 554 g/mol. The second-order valence-electron chi connectivity index (χ2n) is 10.7. The summed E-state index contributed by atoms with van der Waals surface area (Å²) in [6.45, 7) is 3.75. The molecule has 4 heterocycles. The normalized spacial score (nSPS) is 18.2. The van der Waals surface area contributed by atoms with E-state index in [1.54, 1.807) is 39.9 Å². The lowest BCUT2D eigenvalue weighted by molar-refractivity contribution is -0.128. The summed E-state index contributed by atoms with van der Waals surface area (Å²) in [5.74, 6) is 0.254. The minimum absolute atomic E-state index is 0.111. The van der Waals surface area contributed by atoms with E-state index >= 15 is 4.39 Å². The van der Waals surface area contributed by atoms with Gasteiger partial charge in [0.05, 0.1) is 31.2 Å². The SMILES string of the molecule is CC1(/C=C(\C#N)C(=O)N2CCC[C@H]2Cn2nc(-c3ccc(Oc4ccccc4)cc3F)c3c(N)ncnc32)COC1. The van der Waals surface area contributed by atoms with E-state index in [2.05, 4.69) is 16.0 Å². The van der Waals surface area contributed by atoms with Gasteiger partial charge in [-0.25, -0.2) is 19.0 Å². The molecular formula is C30H28FN7O3. The highest BCUT2D eigenvalue weighted by molar-refractivity contribution is 5.99. The van der Waals surface area contributed by atoms with Gasteiger partial charge in [-0.2, -0.15) is 10.4 Å². The van der Waals surface area contributed by atoms with Crippen LogP contribution < -0.4 is 10.5 Å². The number of halogens is 1. The lowest BCUT2D eigenvalue weighted by Gasteiger charge is -2.35. The van der Waals surface area contributed by atoms with E-state index in [1.165, 1.54) is 12.4 Å². The van der Waals surface area contributed by atoms with Gasteiger partial charge >= 0.3 is 0 Å². The van der Waals surface area contributed by atoms with Crippen molar-refractivity contribution in [3.05, 3.63) is 72.3 Å². The fourth-order valence-electron chi connectivity index (χ4n) is 5.37. The van der Waals surface area contributed by atoms with Crippen LogP contribution in [0, 0.1) is 22.6 Å². The lowest BCUT2D eigenvalue weighted by atomic mass is 9.86. The Morgan fingerprint density at radius 1 is 1.24 bits per heavy atom. The minimum Gasteiger partial charge on any atom is -0.457 e. The first-order valence-electron chi connectivity index (χ1n) is 13.4. The third-order valence-corrected chi connectivity index (χ3v) is 7.46. The molecule has 0 saturated carbocycles. The fraction of sp³-hybridized carbons (Fsp3) is 0.300. The molecule has 2 aliphatic rings. The number of likely N-dealkylation sites (tertiary alicyclic amines) is 1. The largest absolute Gasteiger partial charge is 0.457 e. The number of nitrogens with zero attached hydrogens (tertiary/aromatic N) is 6. The molecule has 10 nitrogen and oxygen atoms in total. The van der Waals surface area contributed by atoms with Crippen molar-refractivity contribution >= 4 is 22.8 Å². The molecule has 11 heteroatoms. The van der Waals surface area contributed by atoms with E-state index in [1.807, 2.05) is 25.1 Å². The van der Waals surface area contributed by atoms with E-state index in [0.29, 0.717) is 54.5 Å². The Kier molecular flexibility index (Phi) is 6.85. The van der Waals surface area contributed by atoms with Crippen molar-refractivity contribution in [3.8, 4) is 28.8 Å². The molecule has 41 heavy (non-hydrogen) atoms. The molecule has 1 amide bonds. The maximum atomic E-state index is 15.5. The van der Waals surface area contributed by atoms with E-state index in [-0.39, 0.29) is 34.3 Å². The Morgan fingerprint density at radius 3 is 2.76 bits per heavy atom. The first-order valence-corrected chi connectivity index (χ1v) is 13.4. The summed E-state index contributed by atoms with van der Waals surface area (Å²) in [6, 6.07) is 15.5. The van der Waals surface area contributed by atoms with Crippen molar-refractivity contribution < 1.29 is 18.7 Å². The summed E-state index contributed by atoms with van der Waals surface area (Å²) in [5.41, 5.74) is 6.99. The van der Waals surface area contributed by atoms with Crippen LogP contribution in [-0.2, 0) is 16.1 Å². The van der Waals surface area contributed by atoms with Crippen LogP contribution in [0.5, 0.6) is 11.5 Å². The highest BCUT2D eigenvalue weighted by Crippen LogP contribution is 2.35. The average Bonchev–Trinajstić information content (AvgIpc) is 3.57. The number of anilines is 1. The van der Waals surface area contributed by atoms with Crippen molar-refractivity contribution in [1.82, 2.24) is 24.6 Å². The first kappa shape index (κ1) is 26.4. The number of para-hydroxylation sites is 1. The summed E-state index contributed by atoms with van der Waals surface area (Å²) in [4.78, 5) is 23.6. The van der Waals surface area contributed by atoms with Crippen molar-refractivity contribution in [1.29, 1.82) is 5.26 Å². The quantitative estimate of drug-likeness (QED) is 0.262. The number of hydrogen-bond acceptors (Lipinski definition) is 8. The maximum absolute atomic E-state index is 15.5. The second-order valence-corrected chi connectivity index (χ2v) is 10.7. The number of benzene rings is 2. The number of aromatic nitrogens is 4. The molecule has 0 radical (unpaired) electrons. The summed E-state index contributed by atoms with van der Waals surface area (Å²) < 4.78 is 28.2. The highest BCUT2D eigenvalue weighted by Gasteiger charge is 2.36. The Morgan fingerprint density at radius 2 is 2.05 bits per heavy atom. The Labute approximate surface area is 235 Å². The number of hydrogen-bond donors (Lipinski definition) is 1. The number of fused-ring (bicyclic) bond motifs is 1. The second kappa shape index (κ2) is 10.6. The molecule has 2 fully saturated rings. The zero-order chi connectivity index (χ0) is 28.6. The van der Waals surface area contributed by atoms with Crippen molar-refractivity contribution in [3.63, 3.8) is 0 Å². The Hall–Kier alpha value is -4.82. The monoisotopic (exact) mass is 553 g/mol. The third kappa shape index (κ3) is 5.10. The molecule has 0 aliphatic carbocycles. The minimum atomic E-state index is -0.539. The molecule has 4 aromatic rings. The number of rotatable bonds is 7. The molecule has 6 rings (SSSR count). The maximum Gasteiger partial charge on any atom is 0.264 e. The van der Waals surface area contributed by atoms with Crippen molar-refractivity contribution in [2.75, 3.05) is 25.5 Å². The van der Waals surface area contributed by atoms with Gasteiger partial charge in [-0.05, 0) is 37.1 Å². The van der Waals surface area contributed by atoms with Gasteiger partial charge in [-0.15, -0.1) is 0 Å². The summed E-state index contributed by atoms with van der Waals surface area (Å²) in [6.07, 6.45) is 4.57. The number of carbonyl (C=O) groups is 1. The lowest BCUT2D eigenvalue weighted by Crippen LogP contribution is -2.41. The molecular weight excluding hydrogens is 525 g/mol. The van der Waals surface area contributed by atoms with Crippen LogP contribution in [0.25, 0.3) is 22.3 Å².